The van der Waals surface area contributed by atoms with E-state index in [-0.39, 0.29) is 19.1 Å². The second-order valence-corrected chi connectivity index (χ2v) is 9.39. The lowest BCUT2D eigenvalue weighted by atomic mass is 9.95. The van der Waals surface area contributed by atoms with Gasteiger partial charge in [0.05, 0.1) is 13.2 Å². The summed E-state index contributed by atoms with van der Waals surface area (Å²) in [6, 6.07) is 27.7. The fourth-order valence-corrected chi connectivity index (χ4v) is 4.68. The van der Waals surface area contributed by atoms with Crippen LogP contribution in [0, 0.1) is 0 Å². The average Bonchev–Trinajstić information content (AvgIpc) is 2.97. The molecule has 2 fully saturated rings. The van der Waals surface area contributed by atoms with Gasteiger partial charge in [-0.2, -0.15) is 0 Å². The fraction of sp³-hybridized carbons (Fsp3) is 0.290. The molecule has 2 aliphatic heterocycles. The Labute approximate surface area is 227 Å². The molecule has 1 amide bonds. The number of benzene rings is 3. The first-order valence-corrected chi connectivity index (χ1v) is 12.9. The van der Waals surface area contributed by atoms with E-state index >= 15 is 0 Å². The molecule has 39 heavy (non-hydrogen) atoms. The van der Waals surface area contributed by atoms with Gasteiger partial charge in [-0.15, -0.1) is 0 Å². The number of ether oxygens (including phenoxy) is 5. The van der Waals surface area contributed by atoms with Gasteiger partial charge in [0.2, 0.25) is 5.91 Å². The lowest BCUT2D eigenvalue weighted by Gasteiger charge is -2.48. The van der Waals surface area contributed by atoms with Crippen LogP contribution in [0.25, 0.3) is 6.08 Å². The molecule has 0 unspecified atom stereocenters. The summed E-state index contributed by atoms with van der Waals surface area (Å²) in [4.78, 5) is 25.3. The third kappa shape index (κ3) is 6.99. The highest BCUT2D eigenvalue weighted by molar-refractivity contribution is 5.87. The Morgan fingerprint density at radius 3 is 2.28 bits per heavy atom. The maximum absolute atomic E-state index is 13.0. The number of carbonyl (C=O) groups is 2. The van der Waals surface area contributed by atoms with Crippen LogP contribution < -0.4 is 5.32 Å². The standard InChI is InChI=1S/C31H31NO7/c1-21(33)32-27-29(38-26(34)18-17-22-11-5-2-6-12-22)28-25(20-36-30(39-28)24-15-9-4-10-16-24)37-31(27)35-19-23-13-7-3-8-14-23/h2-18,25,27-31H,19-20H2,1H3,(H,32,33)/b18-17+/t25-,27+,28-,29-,30-,31-/m0/s1. The molecule has 0 bridgehead atoms. The van der Waals surface area contributed by atoms with Crippen LogP contribution in [0.2, 0.25) is 0 Å². The van der Waals surface area contributed by atoms with Crippen LogP contribution in [0.1, 0.15) is 29.9 Å². The first-order chi connectivity index (χ1) is 19.1. The second-order valence-electron chi connectivity index (χ2n) is 9.39. The Kier molecular flexibility index (Phi) is 8.80. The molecule has 8 heteroatoms. The average molecular weight is 530 g/mol. The first-order valence-electron chi connectivity index (χ1n) is 12.9. The molecule has 2 heterocycles. The molecule has 2 aliphatic rings. The number of nitrogens with one attached hydrogen (secondary N) is 1. The van der Waals surface area contributed by atoms with Crippen LogP contribution in [-0.4, -0.2) is 49.1 Å². The Balaban J connectivity index is 1.40. The van der Waals surface area contributed by atoms with Crippen LogP contribution in [0.15, 0.2) is 97.1 Å². The normalized spacial score (nSPS) is 26.5. The third-order valence-corrected chi connectivity index (χ3v) is 6.50. The highest BCUT2D eigenvalue weighted by atomic mass is 16.8. The molecule has 3 aromatic carbocycles. The first kappa shape index (κ1) is 26.8. The van der Waals surface area contributed by atoms with E-state index in [1.54, 1.807) is 6.08 Å². The van der Waals surface area contributed by atoms with E-state index in [2.05, 4.69) is 5.32 Å². The zero-order chi connectivity index (χ0) is 27.0. The van der Waals surface area contributed by atoms with Crippen molar-refractivity contribution in [3.63, 3.8) is 0 Å². The summed E-state index contributed by atoms with van der Waals surface area (Å²) in [6.45, 7) is 1.82. The third-order valence-electron chi connectivity index (χ3n) is 6.50. The summed E-state index contributed by atoms with van der Waals surface area (Å²) in [5, 5.41) is 2.87. The number of rotatable bonds is 8. The molecule has 202 valence electrons. The Bertz CT molecular complexity index is 1250. The van der Waals surface area contributed by atoms with Gasteiger partial charge >= 0.3 is 5.97 Å². The van der Waals surface area contributed by atoms with Crippen molar-refractivity contribution in [3.05, 3.63) is 114 Å². The molecule has 6 atom stereocenters. The maximum Gasteiger partial charge on any atom is 0.331 e. The van der Waals surface area contributed by atoms with Gasteiger partial charge in [-0.1, -0.05) is 91.0 Å². The van der Waals surface area contributed by atoms with Gasteiger partial charge < -0.3 is 29.0 Å². The predicted molar refractivity (Wildman–Crippen MR) is 143 cm³/mol. The van der Waals surface area contributed by atoms with Crippen molar-refractivity contribution in [2.24, 2.45) is 0 Å². The topological polar surface area (TPSA) is 92.3 Å². The number of hydrogen-bond donors (Lipinski definition) is 1. The van der Waals surface area contributed by atoms with E-state index in [9.17, 15) is 9.59 Å². The van der Waals surface area contributed by atoms with Crippen molar-refractivity contribution in [2.75, 3.05) is 6.61 Å². The lowest BCUT2D eigenvalue weighted by molar-refractivity contribution is -0.346. The van der Waals surface area contributed by atoms with Gasteiger partial charge in [-0.3, -0.25) is 4.79 Å². The summed E-state index contributed by atoms with van der Waals surface area (Å²) in [7, 11) is 0. The minimum Gasteiger partial charge on any atom is -0.454 e. The number of fused-ring (bicyclic) bond motifs is 1. The SMILES string of the molecule is CC(=O)N[C@H]1[C@@H](OCc2ccccc2)O[C@H]2CO[C@H](c3ccccc3)O[C@@H]2[C@H]1OC(=O)/C=C/c1ccccc1. The highest BCUT2D eigenvalue weighted by Gasteiger charge is 2.52. The molecule has 0 radical (unpaired) electrons. The number of esters is 1. The van der Waals surface area contributed by atoms with Gasteiger partial charge in [0.15, 0.2) is 18.7 Å². The second kappa shape index (κ2) is 12.8. The summed E-state index contributed by atoms with van der Waals surface area (Å²) >= 11 is 0. The molecule has 0 aliphatic carbocycles. The zero-order valence-corrected chi connectivity index (χ0v) is 21.6. The van der Waals surface area contributed by atoms with Crippen molar-refractivity contribution in [1.82, 2.24) is 5.32 Å². The van der Waals surface area contributed by atoms with Gasteiger partial charge in [-0.25, -0.2) is 4.79 Å². The predicted octanol–water partition coefficient (Wildman–Crippen LogP) is 4.17. The van der Waals surface area contributed by atoms with Gasteiger partial charge in [0.1, 0.15) is 18.2 Å². The van der Waals surface area contributed by atoms with Crippen molar-refractivity contribution < 1.29 is 33.3 Å². The highest BCUT2D eigenvalue weighted by Crippen LogP contribution is 2.36. The molecule has 0 aromatic heterocycles. The minimum atomic E-state index is -0.910. The molecule has 3 aromatic rings. The minimum absolute atomic E-state index is 0.191. The van der Waals surface area contributed by atoms with E-state index in [0.717, 1.165) is 16.7 Å². The van der Waals surface area contributed by atoms with Gasteiger partial charge in [0.25, 0.3) is 0 Å². The smallest absolute Gasteiger partial charge is 0.331 e. The number of hydrogen-bond acceptors (Lipinski definition) is 7. The molecular weight excluding hydrogens is 498 g/mol. The van der Waals surface area contributed by atoms with Crippen LogP contribution in [0.4, 0.5) is 0 Å². The molecule has 0 spiro atoms. The summed E-state index contributed by atoms with van der Waals surface area (Å²) < 4.78 is 30.7. The van der Waals surface area contributed by atoms with Crippen LogP contribution in [0.5, 0.6) is 0 Å². The Morgan fingerprint density at radius 1 is 0.923 bits per heavy atom. The van der Waals surface area contributed by atoms with E-state index in [1.807, 2.05) is 91.0 Å². The van der Waals surface area contributed by atoms with Gasteiger partial charge in [0, 0.05) is 18.6 Å². The zero-order valence-electron chi connectivity index (χ0n) is 21.6. The van der Waals surface area contributed by atoms with E-state index in [4.69, 9.17) is 23.7 Å². The summed E-state index contributed by atoms with van der Waals surface area (Å²) in [5.74, 6) is -0.893. The van der Waals surface area contributed by atoms with Crippen LogP contribution >= 0.6 is 0 Å². The largest absolute Gasteiger partial charge is 0.454 e. The number of amides is 1. The molecule has 2 saturated heterocycles. The van der Waals surface area contributed by atoms with E-state index < -0.39 is 42.9 Å². The molecular formula is C31H31NO7. The molecule has 0 saturated carbocycles. The number of carbonyl (C=O) groups excluding carboxylic acids is 2. The van der Waals surface area contributed by atoms with Crippen molar-refractivity contribution in [2.45, 2.75) is 50.5 Å². The Hall–Kier alpha value is -3.82. The van der Waals surface area contributed by atoms with Crippen LogP contribution in [0.3, 0.4) is 0 Å². The van der Waals surface area contributed by atoms with Crippen molar-refractivity contribution in [3.8, 4) is 0 Å². The summed E-state index contributed by atoms with van der Waals surface area (Å²) in [5.41, 5.74) is 2.61. The van der Waals surface area contributed by atoms with E-state index in [0.29, 0.717) is 0 Å². The van der Waals surface area contributed by atoms with Crippen molar-refractivity contribution in [1.29, 1.82) is 0 Å². The fourth-order valence-electron chi connectivity index (χ4n) is 4.68. The monoisotopic (exact) mass is 529 g/mol. The summed E-state index contributed by atoms with van der Waals surface area (Å²) in [6.07, 6.45) is -0.773. The Morgan fingerprint density at radius 2 is 1.59 bits per heavy atom. The quantitative estimate of drug-likeness (QED) is 0.346. The van der Waals surface area contributed by atoms with E-state index in [1.165, 1.54) is 13.0 Å². The lowest BCUT2D eigenvalue weighted by Crippen LogP contribution is -2.67. The maximum atomic E-state index is 13.0. The molecule has 5 rings (SSSR count). The molecule has 1 N–H and O–H groups in total. The van der Waals surface area contributed by atoms with Crippen LogP contribution in [-0.2, 0) is 39.9 Å². The molecule has 8 nitrogen and oxygen atoms in total. The van der Waals surface area contributed by atoms with Gasteiger partial charge in [-0.05, 0) is 17.2 Å². The van der Waals surface area contributed by atoms with Crippen molar-refractivity contribution >= 4 is 18.0 Å².